The Bertz CT molecular complexity index is 158. The Kier molecular flexibility index (Phi) is 3.44. The van der Waals surface area contributed by atoms with E-state index in [1.165, 1.54) is 24.3 Å². The zero-order chi connectivity index (χ0) is 7.23. The van der Waals surface area contributed by atoms with Gasteiger partial charge >= 0.3 is 0 Å². The summed E-state index contributed by atoms with van der Waals surface area (Å²) in [6.07, 6.45) is 7.85. The van der Waals surface area contributed by atoms with Crippen LogP contribution in [0.4, 0.5) is 0 Å². The van der Waals surface area contributed by atoms with Crippen LogP contribution in [0.2, 0.25) is 0 Å². The van der Waals surface area contributed by atoms with Crippen molar-refractivity contribution < 1.29 is 0 Å². The molecule has 1 heterocycles. The molecule has 0 aliphatic carbocycles. The zero-order valence-corrected chi connectivity index (χ0v) is 7.08. The Labute approximate surface area is 66.1 Å². The normalized spacial score (nSPS) is 10.1. The third-order valence-corrected chi connectivity index (χ3v) is 2.22. The molecule has 0 saturated heterocycles. The van der Waals surface area contributed by atoms with Gasteiger partial charge in [-0.05, 0) is 12.8 Å². The molecule has 0 amide bonds. The fourth-order valence-electron chi connectivity index (χ4n) is 0.860. The summed E-state index contributed by atoms with van der Waals surface area (Å²) >= 11 is 1.71. The molecular weight excluding hydrogens is 142 g/mol. The van der Waals surface area contributed by atoms with E-state index in [1.807, 2.05) is 5.38 Å². The van der Waals surface area contributed by atoms with E-state index in [0.717, 1.165) is 6.42 Å². The molecule has 0 bridgehead atoms. The monoisotopic (exact) mass is 154 g/mol. The summed E-state index contributed by atoms with van der Waals surface area (Å²) in [5, 5.41) is 3.15. The third-order valence-electron chi connectivity index (χ3n) is 1.43. The average Bonchev–Trinajstić information content (AvgIpc) is 2.41. The van der Waals surface area contributed by atoms with E-state index in [-0.39, 0.29) is 0 Å². The first kappa shape index (κ1) is 7.73. The van der Waals surface area contributed by atoms with Gasteiger partial charge in [0, 0.05) is 5.38 Å². The quantitative estimate of drug-likeness (QED) is 0.608. The minimum absolute atomic E-state index is 1.14. The minimum atomic E-state index is 1.14. The lowest BCUT2D eigenvalue weighted by atomic mass is 10.2. The molecule has 1 rings (SSSR count). The molecule has 55 valence electrons. The molecule has 10 heavy (non-hydrogen) atoms. The van der Waals surface area contributed by atoms with Crippen molar-refractivity contribution in [2.75, 3.05) is 0 Å². The maximum absolute atomic E-state index is 4.08. The van der Waals surface area contributed by atoms with Crippen LogP contribution in [-0.4, -0.2) is 4.98 Å². The first-order chi connectivity index (χ1) is 4.93. The van der Waals surface area contributed by atoms with E-state index in [1.54, 1.807) is 11.3 Å². The number of aromatic nitrogens is 1. The van der Waals surface area contributed by atoms with Gasteiger partial charge in [0.05, 0.1) is 5.01 Å². The van der Waals surface area contributed by atoms with Crippen LogP contribution in [-0.2, 0) is 6.42 Å². The highest BCUT2D eigenvalue weighted by molar-refractivity contribution is 7.09. The highest BCUT2D eigenvalue weighted by Gasteiger charge is 1.93. The zero-order valence-electron chi connectivity index (χ0n) is 6.26. The predicted molar refractivity (Wildman–Crippen MR) is 44.2 cm³/mol. The van der Waals surface area contributed by atoms with Crippen molar-refractivity contribution in [3.05, 3.63) is 16.6 Å². The predicted octanol–water partition coefficient (Wildman–Crippen LogP) is 2.68. The van der Waals surface area contributed by atoms with Crippen LogP contribution in [0.15, 0.2) is 5.38 Å². The molecule has 1 aromatic rings. The van der Waals surface area contributed by atoms with Gasteiger partial charge in [-0.25, -0.2) is 4.98 Å². The number of thiazole rings is 1. The van der Waals surface area contributed by atoms with E-state index in [9.17, 15) is 0 Å². The summed E-state index contributed by atoms with van der Waals surface area (Å²) < 4.78 is 0. The minimum Gasteiger partial charge on any atom is -0.240 e. The second-order valence-corrected chi connectivity index (χ2v) is 3.27. The molecule has 0 spiro atoms. The van der Waals surface area contributed by atoms with Crippen LogP contribution >= 0.6 is 11.3 Å². The number of unbranched alkanes of at least 4 members (excludes halogenated alkanes) is 2. The Morgan fingerprint density at radius 1 is 1.60 bits per heavy atom. The molecule has 0 N–H and O–H groups in total. The van der Waals surface area contributed by atoms with Gasteiger partial charge in [0.15, 0.2) is 0 Å². The van der Waals surface area contributed by atoms with Crippen LogP contribution in [0.25, 0.3) is 0 Å². The second-order valence-electron chi connectivity index (χ2n) is 2.33. The fraction of sp³-hybridized carbons (Fsp3) is 0.625. The summed E-state index contributed by atoms with van der Waals surface area (Å²) in [4.78, 5) is 4.08. The summed E-state index contributed by atoms with van der Waals surface area (Å²) in [7, 11) is 0. The van der Waals surface area contributed by atoms with Crippen molar-refractivity contribution in [1.82, 2.24) is 4.98 Å². The number of hydrogen-bond donors (Lipinski definition) is 0. The molecule has 0 atom stereocenters. The topological polar surface area (TPSA) is 12.9 Å². The SMILES string of the molecule is CCCCCc1n[c]cs1. The van der Waals surface area contributed by atoms with Crippen LogP contribution in [0.1, 0.15) is 31.2 Å². The average molecular weight is 154 g/mol. The van der Waals surface area contributed by atoms with Crippen molar-refractivity contribution in [1.29, 1.82) is 0 Å². The van der Waals surface area contributed by atoms with Gasteiger partial charge in [-0.1, -0.05) is 19.8 Å². The van der Waals surface area contributed by atoms with E-state index >= 15 is 0 Å². The maximum Gasteiger partial charge on any atom is 0.101 e. The lowest BCUT2D eigenvalue weighted by molar-refractivity contribution is 0.715. The Balaban J connectivity index is 2.15. The molecule has 0 aromatic carbocycles. The molecule has 1 radical (unpaired) electrons. The molecule has 1 nitrogen and oxygen atoms in total. The van der Waals surface area contributed by atoms with Gasteiger partial charge in [-0.2, -0.15) is 0 Å². The van der Waals surface area contributed by atoms with E-state index in [0.29, 0.717) is 0 Å². The van der Waals surface area contributed by atoms with E-state index < -0.39 is 0 Å². The fourth-order valence-corrected chi connectivity index (χ4v) is 1.47. The van der Waals surface area contributed by atoms with Crippen LogP contribution in [0, 0.1) is 6.20 Å². The van der Waals surface area contributed by atoms with Gasteiger partial charge in [0.25, 0.3) is 0 Å². The third kappa shape index (κ3) is 2.48. The molecule has 2 heteroatoms. The van der Waals surface area contributed by atoms with Gasteiger partial charge < -0.3 is 0 Å². The Morgan fingerprint density at radius 3 is 3.10 bits per heavy atom. The van der Waals surface area contributed by atoms with Crippen LogP contribution < -0.4 is 0 Å². The Morgan fingerprint density at radius 2 is 2.50 bits per heavy atom. The van der Waals surface area contributed by atoms with Gasteiger partial charge in [-0.15, -0.1) is 11.3 Å². The van der Waals surface area contributed by atoms with Crippen molar-refractivity contribution >= 4 is 11.3 Å². The van der Waals surface area contributed by atoms with E-state index in [4.69, 9.17) is 0 Å². The number of hydrogen-bond acceptors (Lipinski definition) is 2. The largest absolute Gasteiger partial charge is 0.240 e. The lowest BCUT2D eigenvalue weighted by Crippen LogP contribution is -1.82. The Hall–Kier alpha value is -0.370. The van der Waals surface area contributed by atoms with Crippen LogP contribution in [0.5, 0.6) is 0 Å². The van der Waals surface area contributed by atoms with Crippen LogP contribution in [0.3, 0.4) is 0 Å². The van der Waals surface area contributed by atoms with Crippen molar-refractivity contribution in [2.24, 2.45) is 0 Å². The molecule has 0 aliphatic rings. The molecule has 0 fully saturated rings. The number of aryl methyl sites for hydroxylation is 1. The van der Waals surface area contributed by atoms with Crippen molar-refractivity contribution in [3.63, 3.8) is 0 Å². The second kappa shape index (κ2) is 4.45. The number of rotatable bonds is 4. The van der Waals surface area contributed by atoms with Crippen molar-refractivity contribution in [3.8, 4) is 0 Å². The highest BCUT2D eigenvalue weighted by atomic mass is 32.1. The smallest absolute Gasteiger partial charge is 0.101 e. The molecule has 0 saturated carbocycles. The summed E-state index contributed by atoms with van der Waals surface area (Å²) in [6.45, 7) is 2.22. The number of nitrogens with zero attached hydrogens (tertiary/aromatic N) is 1. The molecule has 1 aromatic heterocycles. The van der Waals surface area contributed by atoms with Gasteiger partial charge in [0.1, 0.15) is 6.20 Å². The summed E-state index contributed by atoms with van der Waals surface area (Å²) in [5.74, 6) is 0. The molecular formula is C8H12NS. The van der Waals surface area contributed by atoms with E-state index in [2.05, 4.69) is 18.1 Å². The highest BCUT2D eigenvalue weighted by Crippen LogP contribution is 2.08. The standard InChI is InChI=1S/C8H12NS/c1-2-3-4-5-8-9-6-7-10-8/h7H,2-5H2,1H3. The lowest BCUT2D eigenvalue weighted by Gasteiger charge is -1.92. The van der Waals surface area contributed by atoms with Crippen molar-refractivity contribution in [2.45, 2.75) is 32.6 Å². The molecule has 0 unspecified atom stereocenters. The van der Waals surface area contributed by atoms with Gasteiger partial charge in [0.2, 0.25) is 0 Å². The first-order valence-corrected chi connectivity index (χ1v) is 4.62. The first-order valence-electron chi connectivity index (χ1n) is 3.74. The summed E-state index contributed by atoms with van der Waals surface area (Å²) in [5.41, 5.74) is 0. The van der Waals surface area contributed by atoms with Gasteiger partial charge in [-0.3, -0.25) is 0 Å². The molecule has 0 aliphatic heterocycles. The summed E-state index contributed by atoms with van der Waals surface area (Å²) in [6, 6.07) is 0. The maximum atomic E-state index is 4.08.